The topological polar surface area (TPSA) is 46.0 Å². The Kier molecular flexibility index (Phi) is 3.83. The molecule has 0 aliphatic heterocycles. The minimum atomic E-state index is 0.234. The summed E-state index contributed by atoms with van der Waals surface area (Å²) in [5.41, 5.74) is 4.90. The van der Waals surface area contributed by atoms with Crippen molar-refractivity contribution in [3.8, 4) is 22.9 Å². The number of rotatable bonds is 2. The van der Waals surface area contributed by atoms with Gasteiger partial charge in [0.05, 0.1) is 28.4 Å². The van der Waals surface area contributed by atoms with Gasteiger partial charge in [0.2, 0.25) is 0 Å². The molecule has 0 spiro atoms. The lowest BCUT2D eigenvalue weighted by molar-refractivity contribution is 1.18. The Labute approximate surface area is 167 Å². The standard InChI is InChI=1S/C25H14N4/c1-27-25-24(17(16-26)14-15-28-25)20-10-4-7-13-23(20)29-21-11-5-2-8-18(21)19-9-3-6-12-22(19)29/h2-15H. The van der Waals surface area contributed by atoms with Crippen LogP contribution in [0.2, 0.25) is 0 Å². The highest BCUT2D eigenvalue weighted by molar-refractivity contribution is 6.09. The van der Waals surface area contributed by atoms with Gasteiger partial charge in [-0.05, 0) is 29.8 Å². The van der Waals surface area contributed by atoms with Gasteiger partial charge in [0, 0.05) is 16.3 Å². The summed E-state index contributed by atoms with van der Waals surface area (Å²) in [4.78, 5) is 7.80. The van der Waals surface area contributed by atoms with E-state index in [2.05, 4.69) is 44.7 Å². The van der Waals surface area contributed by atoms with Crippen molar-refractivity contribution in [1.29, 1.82) is 5.26 Å². The number of nitrogens with zero attached hydrogens (tertiary/aromatic N) is 4. The normalized spacial score (nSPS) is 10.7. The molecule has 0 radical (unpaired) electrons. The van der Waals surface area contributed by atoms with Crippen LogP contribution in [0.1, 0.15) is 5.56 Å². The molecular formula is C25H14N4. The Morgan fingerprint density at radius 1 is 0.828 bits per heavy atom. The summed E-state index contributed by atoms with van der Waals surface area (Å²) in [5, 5.41) is 12.0. The summed E-state index contributed by atoms with van der Waals surface area (Å²) in [6, 6.07) is 28.3. The van der Waals surface area contributed by atoms with E-state index in [0.717, 1.165) is 33.1 Å². The van der Waals surface area contributed by atoms with Gasteiger partial charge in [-0.1, -0.05) is 61.2 Å². The highest BCUT2D eigenvalue weighted by Crippen LogP contribution is 2.39. The third-order valence-electron chi connectivity index (χ3n) is 5.15. The van der Waals surface area contributed by atoms with Crippen molar-refractivity contribution in [3.63, 3.8) is 0 Å². The first-order valence-electron chi connectivity index (χ1n) is 9.18. The minimum absolute atomic E-state index is 0.234. The molecule has 2 aromatic heterocycles. The van der Waals surface area contributed by atoms with Gasteiger partial charge in [-0.15, -0.1) is 4.98 Å². The van der Waals surface area contributed by atoms with Crippen molar-refractivity contribution in [3.05, 3.63) is 102 Å². The molecule has 4 nitrogen and oxygen atoms in total. The summed E-state index contributed by atoms with van der Waals surface area (Å²) in [5.74, 6) is 0.234. The third-order valence-corrected chi connectivity index (χ3v) is 5.15. The zero-order valence-corrected chi connectivity index (χ0v) is 15.4. The molecule has 0 N–H and O–H groups in total. The zero-order valence-electron chi connectivity index (χ0n) is 15.4. The van der Waals surface area contributed by atoms with Crippen LogP contribution in [0.3, 0.4) is 0 Å². The van der Waals surface area contributed by atoms with E-state index < -0.39 is 0 Å². The van der Waals surface area contributed by atoms with Gasteiger partial charge in [-0.3, -0.25) is 0 Å². The summed E-state index contributed by atoms with van der Waals surface area (Å²) in [6.45, 7) is 7.56. The summed E-state index contributed by atoms with van der Waals surface area (Å²) >= 11 is 0. The van der Waals surface area contributed by atoms with Crippen molar-refractivity contribution < 1.29 is 0 Å². The number of fused-ring (bicyclic) bond motifs is 3. The number of para-hydroxylation sites is 3. The monoisotopic (exact) mass is 370 g/mol. The molecule has 4 heteroatoms. The fourth-order valence-corrected chi connectivity index (χ4v) is 3.96. The van der Waals surface area contributed by atoms with Crippen molar-refractivity contribution in [2.45, 2.75) is 0 Å². The number of nitriles is 1. The smallest absolute Gasteiger partial charge is 0.278 e. The largest absolute Gasteiger partial charge is 0.360 e. The predicted molar refractivity (Wildman–Crippen MR) is 115 cm³/mol. The average Bonchev–Trinajstić information content (AvgIpc) is 3.13. The maximum absolute atomic E-state index is 9.68. The molecule has 5 rings (SSSR count). The van der Waals surface area contributed by atoms with Crippen LogP contribution in [0.5, 0.6) is 0 Å². The second kappa shape index (κ2) is 6.64. The number of aromatic nitrogens is 2. The van der Waals surface area contributed by atoms with E-state index in [-0.39, 0.29) is 5.82 Å². The molecule has 0 bridgehead atoms. The first-order chi connectivity index (χ1) is 14.3. The van der Waals surface area contributed by atoms with E-state index in [1.165, 1.54) is 6.20 Å². The summed E-state index contributed by atoms with van der Waals surface area (Å²) in [7, 11) is 0. The second-order valence-electron chi connectivity index (χ2n) is 6.67. The lowest BCUT2D eigenvalue weighted by atomic mass is 9.99. The van der Waals surface area contributed by atoms with Gasteiger partial charge in [-0.25, -0.2) is 0 Å². The molecule has 2 heterocycles. The second-order valence-corrected chi connectivity index (χ2v) is 6.67. The van der Waals surface area contributed by atoms with Crippen molar-refractivity contribution in [2.75, 3.05) is 0 Å². The zero-order chi connectivity index (χ0) is 19.8. The van der Waals surface area contributed by atoms with Crippen LogP contribution in [0.15, 0.2) is 85.1 Å². The Balaban J connectivity index is 1.94. The van der Waals surface area contributed by atoms with Gasteiger partial charge in [0.25, 0.3) is 5.82 Å². The quantitative estimate of drug-likeness (QED) is 0.344. The van der Waals surface area contributed by atoms with Crippen molar-refractivity contribution in [2.24, 2.45) is 0 Å². The lowest BCUT2D eigenvalue weighted by Crippen LogP contribution is -1.98. The van der Waals surface area contributed by atoms with Gasteiger partial charge in [-0.2, -0.15) is 5.26 Å². The van der Waals surface area contributed by atoms with Crippen molar-refractivity contribution >= 4 is 27.6 Å². The summed E-state index contributed by atoms with van der Waals surface area (Å²) < 4.78 is 2.20. The maximum atomic E-state index is 9.68. The van der Waals surface area contributed by atoms with Crippen molar-refractivity contribution in [1.82, 2.24) is 9.55 Å². The molecule has 0 atom stereocenters. The SMILES string of the molecule is [C-]#[N+]c1nccc(C#N)c1-c1ccccc1-n1c2ccccc2c2ccccc21. The van der Waals surface area contributed by atoms with Crippen LogP contribution >= 0.6 is 0 Å². The highest BCUT2D eigenvalue weighted by atomic mass is 15.0. The van der Waals surface area contributed by atoms with Gasteiger partial charge < -0.3 is 9.41 Å². The van der Waals surface area contributed by atoms with Gasteiger partial charge in [0.1, 0.15) is 6.20 Å². The molecular weight excluding hydrogens is 356 g/mol. The molecule has 29 heavy (non-hydrogen) atoms. The average molecular weight is 370 g/mol. The highest BCUT2D eigenvalue weighted by Gasteiger charge is 2.19. The predicted octanol–water partition coefficient (Wildman–Crippen LogP) is 6.27. The Hall–Kier alpha value is -4.41. The summed E-state index contributed by atoms with van der Waals surface area (Å²) in [6.07, 6.45) is 1.51. The lowest BCUT2D eigenvalue weighted by Gasteiger charge is -2.15. The van der Waals surface area contributed by atoms with Crippen LogP contribution < -0.4 is 0 Å². The number of hydrogen-bond donors (Lipinski definition) is 0. The number of hydrogen-bond acceptors (Lipinski definition) is 2. The third kappa shape index (κ3) is 2.48. The van der Waals surface area contributed by atoms with E-state index in [1.807, 2.05) is 48.5 Å². The Morgan fingerprint density at radius 3 is 2.10 bits per heavy atom. The van der Waals surface area contributed by atoms with Crippen LogP contribution in [0.4, 0.5) is 5.82 Å². The molecule has 0 fully saturated rings. The van der Waals surface area contributed by atoms with E-state index >= 15 is 0 Å². The molecule has 3 aromatic carbocycles. The van der Waals surface area contributed by atoms with Crippen LogP contribution in [0.25, 0.3) is 43.5 Å². The molecule has 0 amide bonds. The van der Waals surface area contributed by atoms with E-state index in [0.29, 0.717) is 11.1 Å². The van der Waals surface area contributed by atoms with Crippen LogP contribution in [-0.2, 0) is 0 Å². The van der Waals surface area contributed by atoms with Gasteiger partial charge >= 0.3 is 0 Å². The van der Waals surface area contributed by atoms with Crippen LogP contribution in [0, 0.1) is 17.9 Å². The molecule has 5 aromatic rings. The Bertz CT molecular complexity index is 1390. The fourth-order valence-electron chi connectivity index (χ4n) is 3.96. The molecule has 0 saturated heterocycles. The maximum Gasteiger partial charge on any atom is 0.278 e. The van der Waals surface area contributed by atoms with E-state index in [1.54, 1.807) is 6.07 Å². The molecule has 134 valence electrons. The number of benzene rings is 3. The van der Waals surface area contributed by atoms with E-state index in [9.17, 15) is 5.26 Å². The van der Waals surface area contributed by atoms with Gasteiger partial charge in [0.15, 0.2) is 0 Å². The molecule has 0 unspecified atom stereocenters. The van der Waals surface area contributed by atoms with Crippen LogP contribution in [-0.4, -0.2) is 9.55 Å². The number of pyridine rings is 1. The molecule has 0 aliphatic rings. The first-order valence-corrected chi connectivity index (χ1v) is 9.18. The first kappa shape index (κ1) is 16.7. The molecule has 0 saturated carbocycles. The fraction of sp³-hybridized carbons (Fsp3) is 0. The minimum Gasteiger partial charge on any atom is -0.360 e. The van der Waals surface area contributed by atoms with E-state index in [4.69, 9.17) is 6.57 Å². The Morgan fingerprint density at radius 2 is 1.45 bits per heavy atom. The molecule has 0 aliphatic carbocycles.